The highest BCUT2D eigenvalue weighted by molar-refractivity contribution is 6.17. The van der Waals surface area contributed by atoms with E-state index in [1.807, 2.05) is 0 Å². The molecule has 0 unspecified atom stereocenters. The first-order valence-electron chi connectivity index (χ1n) is 6.37. The summed E-state index contributed by atoms with van der Waals surface area (Å²) in [6.07, 6.45) is 4.03. The molecule has 0 amide bonds. The van der Waals surface area contributed by atoms with Crippen LogP contribution in [0.1, 0.15) is 30.0 Å². The van der Waals surface area contributed by atoms with Gasteiger partial charge in [-0.3, -0.25) is 0 Å². The molecule has 0 aliphatic heterocycles. The zero-order valence-electron chi connectivity index (χ0n) is 10.6. The predicted octanol–water partition coefficient (Wildman–Crippen LogP) is 4.09. The van der Waals surface area contributed by atoms with E-state index >= 15 is 0 Å². The van der Waals surface area contributed by atoms with Crippen molar-refractivity contribution in [3.05, 3.63) is 41.7 Å². The SMILES string of the molecule is FC(F)Oc1ccccc1-n1ncc(C2CC2)c1CCl. The Morgan fingerprint density at radius 2 is 2.10 bits per heavy atom. The summed E-state index contributed by atoms with van der Waals surface area (Å²) in [6.45, 7) is -2.87. The zero-order valence-corrected chi connectivity index (χ0v) is 11.4. The van der Waals surface area contributed by atoms with Gasteiger partial charge in [-0.05, 0) is 36.5 Å². The second-order valence-corrected chi connectivity index (χ2v) is 4.98. The molecule has 6 heteroatoms. The first-order valence-corrected chi connectivity index (χ1v) is 6.91. The number of para-hydroxylation sites is 2. The highest BCUT2D eigenvalue weighted by atomic mass is 35.5. The normalized spacial score (nSPS) is 14.8. The third-order valence-electron chi connectivity index (χ3n) is 3.35. The molecule has 0 radical (unpaired) electrons. The lowest BCUT2D eigenvalue weighted by Crippen LogP contribution is -2.08. The van der Waals surface area contributed by atoms with E-state index < -0.39 is 6.61 Å². The smallest absolute Gasteiger partial charge is 0.387 e. The van der Waals surface area contributed by atoms with E-state index in [-0.39, 0.29) is 11.6 Å². The van der Waals surface area contributed by atoms with Gasteiger partial charge in [-0.2, -0.15) is 13.9 Å². The minimum atomic E-state index is -2.87. The van der Waals surface area contributed by atoms with Gasteiger partial charge >= 0.3 is 6.61 Å². The maximum Gasteiger partial charge on any atom is 0.387 e. The van der Waals surface area contributed by atoms with Crippen molar-refractivity contribution in [1.82, 2.24) is 9.78 Å². The highest BCUT2D eigenvalue weighted by Crippen LogP contribution is 2.42. The van der Waals surface area contributed by atoms with E-state index in [1.165, 1.54) is 6.07 Å². The van der Waals surface area contributed by atoms with Gasteiger partial charge in [0.05, 0.1) is 17.8 Å². The van der Waals surface area contributed by atoms with E-state index in [2.05, 4.69) is 9.84 Å². The van der Waals surface area contributed by atoms with Crippen LogP contribution in [-0.2, 0) is 5.88 Å². The van der Waals surface area contributed by atoms with Crippen molar-refractivity contribution < 1.29 is 13.5 Å². The van der Waals surface area contributed by atoms with Crippen molar-refractivity contribution in [2.75, 3.05) is 0 Å². The third kappa shape index (κ3) is 2.50. The molecule has 2 aromatic rings. The third-order valence-corrected chi connectivity index (χ3v) is 3.61. The molecule has 1 aliphatic carbocycles. The minimum Gasteiger partial charge on any atom is -0.433 e. The molecule has 106 valence electrons. The molecule has 0 N–H and O–H groups in total. The second-order valence-electron chi connectivity index (χ2n) is 4.71. The molecular weight excluding hydrogens is 286 g/mol. The molecule has 0 saturated heterocycles. The highest BCUT2D eigenvalue weighted by Gasteiger charge is 2.29. The van der Waals surface area contributed by atoms with Gasteiger partial charge in [0, 0.05) is 0 Å². The Bertz CT molecular complexity index is 611. The Morgan fingerprint density at radius 3 is 2.75 bits per heavy atom. The summed E-state index contributed by atoms with van der Waals surface area (Å²) in [7, 11) is 0. The van der Waals surface area contributed by atoms with Gasteiger partial charge in [0.25, 0.3) is 0 Å². The number of halogens is 3. The predicted molar refractivity (Wildman–Crippen MR) is 71.7 cm³/mol. The summed E-state index contributed by atoms with van der Waals surface area (Å²) in [5.74, 6) is 0.884. The molecule has 1 saturated carbocycles. The van der Waals surface area contributed by atoms with E-state index in [0.717, 1.165) is 24.1 Å². The largest absolute Gasteiger partial charge is 0.433 e. The van der Waals surface area contributed by atoms with Crippen molar-refractivity contribution in [2.24, 2.45) is 0 Å². The number of hydrogen-bond acceptors (Lipinski definition) is 2. The number of aromatic nitrogens is 2. The molecule has 0 spiro atoms. The average molecular weight is 299 g/mol. The van der Waals surface area contributed by atoms with Gasteiger partial charge in [-0.25, -0.2) is 4.68 Å². The van der Waals surface area contributed by atoms with Crippen LogP contribution in [0.2, 0.25) is 0 Å². The Labute approximate surface area is 120 Å². The summed E-state index contributed by atoms with van der Waals surface area (Å²) in [6, 6.07) is 6.59. The minimum absolute atomic E-state index is 0.0966. The van der Waals surface area contributed by atoms with Gasteiger partial charge in [0.15, 0.2) is 5.75 Å². The quantitative estimate of drug-likeness (QED) is 0.777. The fourth-order valence-corrected chi connectivity index (χ4v) is 2.56. The van der Waals surface area contributed by atoms with Crippen molar-refractivity contribution in [2.45, 2.75) is 31.3 Å². The summed E-state index contributed by atoms with van der Waals surface area (Å²) >= 11 is 6.01. The lowest BCUT2D eigenvalue weighted by Gasteiger charge is -2.12. The molecule has 3 rings (SSSR count). The molecule has 0 atom stereocenters. The maximum atomic E-state index is 12.5. The molecular formula is C14H13ClF2N2O. The standard InChI is InChI=1S/C14H13ClF2N2O/c15-7-12-10(9-5-6-9)8-18-19(12)11-3-1-2-4-13(11)20-14(16)17/h1-4,8-9,14H,5-7H2. The topological polar surface area (TPSA) is 27.1 Å². The van der Waals surface area contributed by atoms with Crippen LogP contribution < -0.4 is 4.74 Å². The number of benzene rings is 1. The molecule has 20 heavy (non-hydrogen) atoms. The molecule has 0 bridgehead atoms. The first kappa shape index (κ1) is 13.4. The molecule has 1 aromatic carbocycles. The van der Waals surface area contributed by atoms with Gasteiger partial charge in [0.1, 0.15) is 5.69 Å². The first-order chi connectivity index (χ1) is 9.70. The zero-order chi connectivity index (χ0) is 14.1. The van der Waals surface area contributed by atoms with Crippen molar-refractivity contribution >= 4 is 11.6 Å². The Hall–Kier alpha value is -1.62. The van der Waals surface area contributed by atoms with E-state index in [1.54, 1.807) is 29.1 Å². The van der Waals surface area contributed by atoms with Crippen LogP contribution in [0.25, 0.3) is 5.69 Å². The summed E-state index contributed by atoms with van der Waals surface area (Å²) in [4.78, 5) is 0. The molecule has 3 nitrogen and oxygen atoms in total. The maximum absolute atomic E-state index is 12.5. The average Bonchev–Trinajstić information content (AvgIpc) is 3.18. The van der Waals surface area contributed by atoms with Crippen LogP contribution in [-0.4, -0.2) is 16.4 Å². The van der Waals surface area contributed by atoms with Gasteiger partial charge in [-0.15, -0.1) is 11.6 Å². The van der Waals surface area contributed by atoms with Crippen molar-refractivity contribution in [3.63, 3.8) is 0 Å². The van der Waals surface area contributed by atoms with Gasteiger partial charge in [0.2, 0.25) is 0 Å². The monoisotopic (exact) mass is 298 g/mol. The lowest BCUT2D eigenvalue weighted by molar-refractivity contribution is -0.0499. The summed E-state index contributed by atoms with van der Waals surface area (Å²) in [5.41, 5.74) is 2.43. The number of ether oxygens (including phenoxy) is 1. The van der Waals surface area contributed by atoms with Crippen molar-refractivity contribution in [1.29, 1.82) is 0 Å². The number of rotatable bonds is 5. The Kier molecular flexibility index (Phi) is 3.61. The fraction of sp³-hybridized carbons (Fsp3) is 0.357. The summed E-state index contributed by atoms with van der Waals surface area (Å²) in [5, 5.41) is 4.29. The second kappa shape index (κ2) is 5.40. The molecule has 1 fully saturated rings. The van der Waals surface area contributed by atoms with Crippen LogP contribution in [0.5, 0.6) is 5.75 Å². The van der Waals surface area contributed by atoms with E-state index in [0.29, 0.717) is 11.6 Å². The number of hydrogen-bond donors (Lipinski definition) is 0. The van der Waals surface area contributed by atoms with Crippen LogP contribution in [0.15, 0.2) is 30.5 Å². The summed E-state index contributed by atoms with van der Waals surface area (Å²) < 4.78 is 31.1. The number of alkyl halides is 3. The van der Waals surface area contributed by atoms with Crippen LogP contribution in [0.4, 0.5) is 8.78 Å². The molecule has 1 aliphatic rings. The lowest BCUT2D eigenvalue weighted by atomic mass is 10.1. The Morgan fingerprint density at radius 1 is 1.35 bits per heavy atom. The molecule has 1 heterocycles. The Balaban J connectivity index is 2.04. The van der Waals surface area contributed by atoms with Crippen LogP contribution in [0.3, 0.4) is 0 Å². The van der Waals surface area contributed by atoms with E-state index in [4.69, 9.17) is 11.6 Å². The van der Waals surface area contributed by atoms with Gasteiger partial charge in [-0.1, -0.05) is 12.1 Å². The van der Waals surface area contributed by atoms with E-state index in [9.17, 15) is 8.78 Å². The van der Waals surface area contributed by atoms with Crippen LogP contribution >= 0.6 is 11.6 Å². The fourth-order valence-electron chi connectivity index (χ4n) is 2.29. The number of nitrogens with zero attached hydrogens (tertiary/aromatic N) is 2. The molecule has 1 aromatic heterocycles. The van der Waals surface area contributed by atoms with Gasteiger partial charge < -0.3 is 4.74 Å². The van der Waals surface area contributed by atoms with Crippen molar-refractivity contribution in [3.8, 4) is 11.4 Å². The van der Waals surface area contributed by atoms with Crippen LogP contribution in [0, 0.1) is 0 Å².